The largest absolute Gasteiger partial charge is 0.502 e. The van der Waals surface area contributed by atoms with E-state index in [1.54, 1.807) is 0 Å². The molecule has 0 bridgehead atoms. The number of benzene rings is 1. The topological polar surface area (TPSA) is 63.6 Å². The van der Waals surface area contributed by atoms with Gasteiger partial charge in [0, 0.05) is 17.7 Å². The Morgan fingerprint density at radius 2 is 1.76 bits per heavy atom. The van der Waals surface area contributed by atoms with Gasteiger partial charge in [0.15, 0.2) is 5.78 Å². The smallest absolute Gasteiger partial charge is 0.373 e. The van der Waals surface area contributed by atoms with Gasteiger partial charge in [0.05, 0.1) is 7.11 Å². The second kappa shape index (κ2) is 5.20. The molecular formula is C11H8F2O4. The van der Waals surface area contributed by atoms with Crippen LogP contribution >= 0.6 is 0 Å². The van der Waals surface area contributed by atoms with Gasteiger partial charge < -0.3 is 9.84 Å². The van der Waals surface area contributed by atoms with E-state index in [1.165, 1.54) is 0 Å². The number of hydrogen-bond acceptors (Lipinski definition) is 4. The number of ketones is 1. The summed E-state index contributed by atoms with van der Waals surface area (Å²) >= 11 is 0. The van der Waals surface area contributed by atoms with Crippen LogP contribution in [0.3, 0.4) is 0 Å². The Bertz CT molecular complexity index is 474. The highest BCUT2D eigenvalue weighted by Gasteiger charge is 2.12. The van der Waals surface area contributed by atoms with Crippen molar-refractivity contribution in [2.24, 2.45) is 0 Å². The van der Waals surface area contributed by atoms with Gasteiger partial charge in [-0.1, -0.05) is 0 Å². The lowest BCUT2D eigenvalue weighted by Crippen LogP contribution is -2.07. The van der Waals surface area contributed by atoms with Crippen LogP contribution in [0, 0.1) is 11.6 Å². The summed E-state index contributed by atoms with van der Waals surface area (Å²) in [6, 6.07) is 2.17. The third-order valence-electron chi connectivity index (χ3n) is 1.81. The van der Waals surface area contributed by atoms with E-state index in [0.717, 1.165) is 19.2 Å². The minimum Gasteiger partial charge on any atom is -0.502 e. The second-order valence-electron chi connectivity index (χ2n) is 3.04. The molecule has 4 nitrogen and oxygen atoms in total. The second-order valence-corrected chi connectivity index (χ2v) is 3.04. The first kappa shape index (κ1) is 12.8. The standard InChI is InChI=1S/C11H8F2O4/c1-17-11(16)10(15)5-9(14)6-2-7(12)4-8(13)3-6/h2-5,15H,1H3. The molecule has 6 heteroatoms. The molecule has 0 aliphatic heterocycles. The lowest BCUT2D eigenvalue weighted by atomic mass is 10.1. The van der Waals surface area contributed by atoms with Gasteiger partial charge in [0.1, 0.15) is 11.6 Å². The molecule has 0 spiro atoms. The van der Waals surface area contributed by atoms with Gasteiger partial charge in [-0.2, -0.15) is 0 Å². The summed E-state index contributed by atoms with van der Waals surface area (Å²) in [5, 5.41) is 9.07. The highest BCUT2D eigenvalue weighted by atomic mass is 19.1. The van der Waals surface area contributed by atoms with Crippen LogP contribution in [-0.2, 0) is 9.53 Å². The van der Waals surface area contributed by atoms with E-state index in [9.17, 15) is 18.4 Å². The van der Waals surface area contributed by atoms with E-state index in [4.69, 9.17) is 5.11 Å². The number of aliphatic hydroxyl groups is 1. The Balaban J connectivity index is 3.01. The highest BCUT2D eigenvalue weighted by molar-refractivity contribution is 6.07. The molecule has 0 atom stereocenters. The summed E-state index contributed by atoms with van der Waals surface area (Å²) in [4.78, 5) is 22.2. The number of ether oxygens (including phenoxy) is 1. The van der Waals surface area contributed by atoms with Gasteiger partial charge in [0.2, 0.25) is 5.76 Å². The number of aliphatic hydroxyl groups excluding tert-OH is 1. The zero-order valence-electron chi connectivity index (χ0n) is 8.74. The molecule has 1 aromatic rings. The molecule has 90 valence electrons. The Kier molecular flexibility index (Phi) is 3.92. The average molecular weight is 242 g/mol. The number of hydrogen-bond donors (Lipinski definition) is 1. The Morgan fingerprint density at radius 1 is 1.24 bits per heavy atom. The molecule has 0 unspecified atom stereocenters. The van der Waals surface area contributed by atoms with Gasteiger partial charge >= 0.3 is 5.97 Å². The van der Waals surface area contributed by atoms with Crippen LogP contribution in [0.5, 0.6) is 0 Å². The van der Waals surface area contributed by atoms with Crippen LogP contribution in [-0.4, -0.2) is 24.0 Å². The molecule has 0 saturated heterocycles. The lowest BCUT2D eigenvalue weighted by Gasteiger charge is -1.99. The van der Waals surface area contributed by atoms with Crippen molar-refractivity contribution >= 4 is 11.8 Å². The van der Waals surface area contributed by atoms with Crippen molar-refractivity contribution in [2.45, 2.75) is 0 Å². The van der Waals surface area contributed by atoms with Crippen LogP contribution < -0.4 is 0 Å². The normalized spacial score (nSPS) is 11.1. The SMILES string of the molecule is COC(=O)C(O)=CC(=O)c1cc(F)cc(F)c1. The molecule has 1 aromatic carbocycles. The number of rotatable bonds is 3. The number of methoxy groups -OCH3 is 1. The number of carbonyl (C=O) groups is 2. The molecule has 0 radical (unpaired) electrons. The van der Waals surface area contributed by atoms with E-state index in [-0.39, 0.29) is 5.56 Å². The fourth-order valence-electron chi connectivity index (χ4n) is 1.07. The predicted molar refractivity (Wildman–Crippen MR) is 53.4 cm³/mol. The first-order chi connectivity index (χ1) is 7.93. The van der Waals surface area contributed by atoms with Crippen molar-refractivity contribution in [2.75, 3.05) is 7.11 Å². The van der Waals surface area contributed by atoms with E-state index in [1.807, 2.05) is 0 Å². The van der Waals surface area contributed by atoms with Crippen molar-refractivity contribution in [3.05, 3.63) is 47.2 Å². The monoisotopic (exact) mass is 242 g/mol. The number of carbonyl (C=O) groups excluding carboxylic acids is 2. The zero-order chi connectivity index (χ0) is 13.0. The van der Waals surface area contributed by atoms with Crippen LogP contribution in [0.1, 0.15) is 10.4 Å². The van der Waals surface area contributed by atoms with E-state index < -0.39 is 29.1 Å². The quantitative estimate of drug-likeness (QED) is 0.379. The highest BCUT2D eigenvalue weighted by Crippen LogP contribution is 2.10. The summed E-state index contributed by atoms with van der Waals surface area (Å²) in [5.41, 5.74) is -0.321. The van der Waals surface area contributed by atoms with E-state index in [2.05, 4.69) is 4.74 Å². The minimum atomic E-state index is -1.12. The molecule has 1 rings (SSSR count). The molecule has 0 saturated carbocycles. The molecule has 1 N–H and O–H groups in total. The molecule has 0 fully saturated rings. The van der Waals surface area contributed by atoms with Crippen LogP contribution in [0.25, 0.3) is 0 Å². The Labute approximate surface area is 95.1 Å². The summed E-state index contributed by atoms with van der Waals surface area (Å²) in [5.74, 6) is -4.83. The van der Waals surface area contributed by atoms with Gasteiger partial charge in [-0.15, -0.1) is 0 Å². The van der Waals surface area contributed by atoms with Crippen molar-refractivity contribution in [1.29, 1.82) is 0 Å². The third kappa shape index (κ3) is 3.37. The Morgan fingerprint density at radius 3 is 2.24 bits per heavy atom. The first-order valence-electron chi connectivity index (χ1n) is 4.43. The van der Waals surface area contributed by atoms with Crippen LogP contribution in [0.15, 0.2) is 30.0 Å². The van der Waals surface area contributed by atoms with E-state index in [0.29, 0.717) is 12.1 Å². The maximum absolute atomic E-state index is 12.8. The number of esters is 1. The lowest BCUT2D eigenvalue weighted by molar-refractivity contribution is -0.139. The van der Waals surface area contributed by atoms with Crippen molar-refractivity contribution in [3.8, 4) is 0 Å². The molecule has 0 amide bonds. The maximum atomic E-state index is 12.8. The van der Waals surface area contributed by atoms with Gasteiger partial charge in [-0.25, -0.2) is 13.6 Å². The number of allylic oxidation sites excluding steroid dienone is 1. The average Bonchev–Trinajstić information content (AvgIpc) is 2.26. The summed E-state index contributed by atoms with van der Waals surface area (Å²) in [6.07, 6.45) is 0.528. The van der Waals surface area contributed by atoms with Gasteiger partial charge in [0.25, 0.3) is 0 Å². The van der Waals surface area contributed by atoms with Crippen molar-refractivity contribution in [1.82, 2.24) is 0 Å². The predicted octanol–water partition coefficient (Wildman–Crippen LogP) is 1.76. The van der Waals surface area contributed by atoms with Crippen molar-refractivity contribution in [3.63, 3.8) is 0 Å². The fraction of sp³-hybridized carbons (Fsp3) is 0.0909. The Hall–Kier alpha value is -2.24. The van der Waals surface area contributed by atoms with E-state index >= 15 is 0 Å². The summed E-state index contributed by atoms with van der Waals surface area (Å²) in [6.45, 7) is 0. The molecular weight excluding hydrogens is 234 g/mol. The molecule has 0 aliphatic rings. The molecule has 0 heterocycles. The molecule has 0 aromatic heterocycles. The third-order valence-corrected chi connectivity index (χ3v) is 1.81. The molecule has 17 heavy (non-hydrogen) atoms. The van der Waals surface area contributed by atoms with Crippen molar-refractivity contribution < 1.29 is 28.2 Å². The number of halogens is 2. The zero-order valence-corrected chi connectivity index (χ0v) is 8.74. The molecule has 0 aliphatic carbocycles. The van der Waals surface area contributed by atoms with Crippen LogP contribution in [0.4, 0.5) is 8.78 Å². The minimum absolute atomic E-state index is 0.321. The van der Waals surface area contributed by atoms with Gasteiger partial charge in [-0.05, 0) is 12.1 Å². The summed E-state index contributed by atoms with van der Waals surface area (Å²) in [7, 11) is 1.01. The summed E-state index contributed by atoms with van der Waals surface area (Å²) < 4.78 is 29.7. The van der Waals surface area contributed by atoms with Crippen LogP contribution in [0.2, 0.25) is 0 Å². The van der Waals surface area contributed by atoms with Gasteiger partial charge in [-0.3, -0.25) is 4.79 Å². The maximum Gasteiger partial charge on any atom is 0.373 e. The fourth-order valence-corrected chi connectivity index (χ4v) is 1.07. The first-order valence-corrected chi connectivity index (χ1v) is 4.43.